The summed E-state index contributed by atoms with van der Waals surface area (Å²) in [7, 11) is 0. The predicted octanol–water partition coefficient (Wildman–Crippen LogP) is 3.30. The maximum Gasteiger partial charge on any atom is 0.343 e. The Bertz CT molecular complexity index is 896. The number of H-pyrrole nitrogens is 1. The molecule has 0 bridgehead atoms. The van der Waals surface area contributed by atoms with E-state index in [9.17, 15) is 9.59 Å². The van der Waals surface area contributed by atoms with Crippen LogP contribution < -0.4 is 5.69 Å². The largest absolute Gasteiger partial charge is 0.343 e. The average Bonchev–Trinajstić information content (AvgIpc) is 3.07. The van der Waals surface area contributed by atoms with Gasteiger partial charge in [-0.15, -0.1) is 5.10 Å². The van der Waals surface area contributed by atoms with Crippen LogP contribution in [0.4, 0.5) is 0 Å². The number of hydrogen-bond donors (Lipinski definition) is 1. The molecule has 0 fully saturated rings. The molecule has 0 spiro atoms. The number of aromatic nitrogens is 3. The number of benzene rings is 2. The summed E-state index contributed by atoms with van der Waals surface area (Å²) in [6.45, 7) is 3.67. The number of carbonyl (C=O) groups excluding carboxylic acids is 1. The Morgan fingerprint density at radius 1 is 1.04 bits per heavy atom. The summed E-state index contributed by atoms with van der Waals surface area (Å²) < 4.78 is 1.58. The van der Waals surface area contributed by atoms with E-state index in [-0.39, 0.29) is 17.3 Å². The summed E-state index contributed by atoms with van der Waals surface area (Å²) in [6, 6.07) is 19.9. The zero-order chi connectivity index (χ0) is 19.8. The molecule has 3 rings (SSSR count). The van der Waals surface area contributed by atoms with Gasteiger partial charge in [0.1, 0.15) is 0 Å². The first-order valence-corrected chi connectivity index (χ1v) is 10.3. The van der Waals surface area contributed by atoms with Crippen LogP contribution in [0.3, 0.4) is 0 Å². The van der Waals surface area contributed by atoms with Gasteiger partial charge in [0.2, 0.25) is 5.91 Å². The monoisotopic (exact) mass is 396 g/mol. The molecule has 2 aromatic carbocycles. The van der Waals surface area contributed by atoms with E-state index >= 15 is 0 Å². The van der Waals surface area contributed by atoms with Crippen LogP contribution in [0.15, 0.2) is 70.6 Å². The fourth-order valence-corrected chi connectivity index (χ4v) is 3.77. The number of nitrogens with zero attached hydrogens (tertiary/aromatic N) is 3. The number of nitrogens with one attached hydrogen (secondary N) is 1. The molecule has 1 amide bonds. The van der Waals surface area contributed by atoms with Crippen molar-refractivity contribution in [1.29, 1.82) is 0 Å². The van der Waals surface area contributed by atoms with Gasteiger partial charge in [0.25, 0.3) is 0 Å². The van der Waals surface area contributed by atoms with Crippen LogP contribution in [0.25, 0.3) is 0 Å². The Kier molecular flexibility index (Phi) is 7.08. The van der Waals surface area contributed by atoms with Gasteiger partial charge in [0, 0.05) is 19.6 Å². The molecule has 1 N–H and O–H groups in total. The van der Waals surface area contributed by atoms with Gasteiger partial charge in [-0.25, -0.2) is 9.89 Å². The van der Waals surface area contributed by atoms with Gasteiger partial charge in [-0.3, -0.25) is 9.36 Å². The Labute approximate surface area is 168 Å². The molecule has 0 aliphatic heterocycles. The number of amides is 1. The van der Waals surface area contributed by atoms with Crippen molar-refractivity contribution in [3.05, 3.63) is 82.3 Å². The van der Waals surface area contributed by atoms with E-state index in [2.05, 4.69) is 10.2 Å². The van der Waals surface area contributed by atoms with E-state index in [0.29, 0.717) is 24.8 Å². The van der Waals surface area contributed by atoms with E-state index in [1.54, 1.807) is 4.57 Å². The van der Waals surface area contributed by atoms with Crippen LogP contribution >= 0.6 is 11.8 Å². The molecule has 0 aliphatic carbocycles. The Balaban J connectivity index is 1.71. The second kappa shape index (κ2) is 9.94. The maximum atomic E-state index is 13.0. The summed E-state index contributed by atoms with van der Waals surface area (Å²) in [4.78, 5) is 26.6. The van der Waals surface area contributed by atoms with E-state index in [1.807, 2.05) is 72.5 Å². The number of carbonyl (C=O) groups is 1. The normalized spacial score (nSPS) is 10.8. The van der Waals surface area contributed by atoms with Gasteiger partial charge in [0.05, 0.1) is 5.75 Å². The first kappa shape index (κ1) is 19.9. The van der Waals surface area contributed by atoms with E-state index in [4.69, 9.17) is 0 Å². The van der Waals surface area contributed by atoms with Crippen LogP contribution in [0.5, 0.6) is 0 Å². The molecule has 0 unspecified atom stereocenters. The Morgan fingerprint density at radius 3 is 2.14 bits per heavy atom. The molecule has 0 saturated carbocycles. The van der Waals surface area contributed by atoms with Crippen molar-refractivity contribution in [1.82, 2.24) is 19.7 Å². The summed E-state index contributed by atoms with van der Waals surface area (Å²) in [6.07, 6.45) is 0.828. The summed E-state index contributed by atoms with van der Waals surface area (Å²) >= 11 is 1.29. The second-order valence-corrected chi connectivity index (χ2v) is 7.42. The summed E-state index contributed by atoms with van der Waals surface area (Å²) in [5.74, 6) is 0.240. The molecule has 3 aromatic rings. The molecule has 1 heterocycles. The third-order valence-electron chi connectivity index (χ3n) is 4.28. The molecule has 1 aromatic heterocycles. The van der Waals surface area contributed by atoms with Gasteiger partial charge >= 0.3 is 5.69 Å². The van der Waals surface area contributed by atoms with Gasteiger partial charge in [-0.2, -0.15) is 0 Å². The van der Waals surface area contributed by atoms with Crippen molar-refractivity contribution >= 4 is 17.7 Å². The van der Waals surface area contributed by atoms with E-state index in [0.717, 1.165) is 17.5 Å². The van der Waals surface area contributed by atoms with Gasteiger partial charge in [-0.1, -0.05) is 79.3 Å². The summed E-state index contributed by atoms with van der Waals surface area (Å²) in [5.41, 5.74) is 1.93. The highest BCUT2D eigenvalue weighted by Gasteiger charge is 2.17. The van der Waals surface area contributed by atoms with Gasteiger partial charge < -0.3 is 4.90 Å². The zero-order valence-electron chi connectivity index (χ0n) is 15.9. The number of hydrogen-bond acceptors (Lipinski definition) is 4. The lowest BCUT2D eigenvalue weighted by Gasteiger charge is -2.23. The van der Waals surface area contributed by atoms with Crippen LogP contribution in [0, 0.1) is 0 Å². The number of thioether (sulfide) groups is 1. The molecular formula is C21H24N4O2S. The Hall–Kier alpha value is -2.80. The lowest BCUT2D eigenvalue weighted by Crippen LogP contribution is -2.31. The minimum Gasteiger partial charge on any atom is -0.333 e. The second-order valence-electron chi connectivity index (χ2n) is 6.47. The number of aromatic amines is 1. The smallest absolute Gasteiger partial charge is 0.333 e. The fourth-order valence-electron chi connectivity index (χ4n) is 2.89. The van der Waals surface area contributed by atoms with Crippen molar-refractivity contribution in [2.75, 3.05) is 5.75 Å². The van der Waals surface area contributed by atoms with Crippen LogP contribution in [0.1, 0.15) is 24.5 Å². The molecular weight excluding hydrogens is 372 g/mol. The molecule has 0 atom stereocenters. The van der Waals surface area contributed by atoms with E-state index < -0.39 is 0 Å². The maximum absolute atomic E-state index is 13.0. The Morgan fingerprint density at radius 2 is 1.61 bits per heavy atom. The molecule has 7 heteroatoms. The van der Waals surface area contributed by atoms with Gasteiger partial charge in [0.15, 0.2) is 5.16 Å². The molecule has 146 valence electrons. The molecule has 0 aliphatic rings. The summed E-state index contributed by atoms with van der Waals surface area (Å²) in [5, 5.41) is 7.07. The van der Waals surface area contributed by atoms with Crippen molar-refractivity contribution < 1.29 is 4.79 Å². The van der Waals surface area contributed by atoms with Crippen LogP contribution in [0.2, 0.25) is 0 Å². The average molecular weight is 397 g/mol. The van der Waals surface area contributed by atoms with Crippen LogP contribution in [-0.4, -0.2) is 31.3 Å². The quantitative estimate of drug-likeness (QED) is 0.564. The topological polar surface area (TPSA) is 71.0 Å². The van der Waals surface area contributed by atoms with Crippen molar-refractivity contribution in [2.24, 2.45) is 0 Å². The minimum absolute atomic E-state index is 0.0104. The van der Waals surface area contributed by atoms with Crippen LogP contribution in [-0.2, 0) is 24.4 Å². The first-order chi connectivity index (χ1) is 13.7. The standard InChI is InChI=1S/C21H24N4O2S/c1-2-13-25-20(27)22-23-21(25)28-16-19(26)24(14-17-9-5-3-6-10-17)15-18-11-7-4-8-12-18/h3-12H,2,13-16H2,1H3,(H,22,27). The lowest BCUT2D eigenvalue weighted by molar-refractivity contribution is -0.129. The first-order valence-electron chi connectivity index (χ1n) is 9.31. The zero-order valence-corrected chi connectivity index (χ0v) is 16.7. The highest BCUT2D eigenvalue weighted by Crippen LogP contribution is 2.17. The molecule has 6 nitrogen and oxygen atoms in total. The third kappa shape index (κ3) is 5.36. The highest BCUT2D eigenvalue weighted by atomic mass is 32.2. The SMILES string of the molecule is CCCn1c(SCC(=O)N(Cc2ccccc2)Cc2ccccc2)n[nH]c1=O. The van der Waals surface area contributed by atoms with Gasteiger partial charge in [-0.05, 0) is 17.5 Å². The van der Waals surface area contributed by atoms with E-state index in [1.165, 1.54) is 11.8 Å². The predicted molar refractivity (Wildman–Crippen MR) is 111 cm³/mol. The minimum atomic E-state index is -0.234. The third-order valence-corrected chi connectivity index (χ3v) is 5.24. The van der Waals surface area contributed by atoms with Crippen molar-refractivity contribution in [3.63, 3.8) is 0 Å². The van der Waals surface area contributed by atoms with Crippen molar-refractivity contribution in [2.45, 2.75) is 38.1 Å². The fraction of sp³-hybridized carbons (Fsp3) is 0.286. The van der Waals surface area contributed by atoms with Crippen molar-refractivity contribution in [3.8, 4) is 0 Å². The lowest BCUT2D eigenvalue weighted by atomic mass is 10.1. The molecule has 0 saturated heterocycles. The molecule has 28 heavy (non-hydrogen) atoms. The highest BCUT2D eigenvalue weighted by molar-refractivity contribution is 7.99. The number of rotatable bonds is 9. The molecule has 0 radical (unpaired) electrons.